The second-order valence-corrected chi connectivity index (χ2v) is 4.32. The van der Waals surface area contributed by atoms with Crippen LogP contribution >= 0.6 is 0 Å². The highest BCUT2D eigenvalue weighted by atomic mass is 16.4. The van der Waals surface area contributed by atoms with Crippen LogP contribution in [0.2, 0.25) is 0 Å². The molecular weight excluding hydrogens is 219 g/mol. The maximum Gasteiger partial charge on any atom is 0.488 e. The van der Waals surface area contributed by atoms with Crippen LogP contribution in [0, 0.1) is 6.92 Å². The molecule has 0 atom stereocenters. The lowest BCUT2D eigenvalue weighted by Crippen LogP contribution is -2.32. The van der Waals surface area contributed by atoms with Crippen molar-refractivity contribution in [1.29, 1.82) is 0 Å². The number of anilines is 1. The highest BCUT2D eigenvalue weighted by Gasteiger charge is 2.23. The van der Waals surface area contributed by atoms with E-state index in [0.29, 0.717) is 17.2 Å². The van der Waals surface area contributed by atoms with Gasteiger partial charge in [-0.2, -0.15) is 0 Å². The van der Waals surface area contributed by atoms with Crippen LogP contribution in [0.15, 0.2) is 18.2 Å². The monoisotopic (exact) mass is 234 g/mol. The quantitative estimate of drug-likeness (QED) is 0.554. The predicted molar refractivity (Wildman–Crippen MR) is 66.2 cm³/mol. The van der Waals surface area contributed by atoms with Crippen LogP contribution in [-0.2, 0) is 0 Å². The summed E-state index contributed by atoms with van der Waals surface area (Å²) in [6, 6.07) is 4.97. The molecule has 1 aromatic rings. The van der Waals surface area contributed by atoms with Crippen LogP contribution < -0.4 is 16.1 Å². The van der Waals surface area contributed by atoms with Crippen LogP contribution in [0.4, 0.5) is 10.5 Å². The van der Waals surface area contributed by atoms with E-state index in [1.54, 1.807) is 25.1 Å². The molecule has 1 saturated carbocycles. The van der Waals surface area contributed by atoms with Crippen LogP contribution in [-0.4, -0.2) is 29.2 Å². The summed E-state index contributed by atoms with van der Waals surface area (Å²) in [6.07, 6.45) is 2.09. The van der Waals surface area contributed by atoms with Gasteiger partial charge in [-0.3, -0.25) is 0 Å². The number of aryl methyl sites for hydroxylation is 1. The maximum absolute atomic E-state index is 11.5. The van der Waals surface area contributed by atoms with Gasteiger partial charge in [0, 0.05) is 11.7 Å². The van der Waals surface area contributed by atoms with E-state index in [-0.39, 0.29) is 6.03 Å². The van der Waals surface area contributed by atoms with Gasteiger partial charge >= 0.3 is 13.1 Å². The van der Waals surface area contributed by atoms with Gasteiger partial charge in [-0.05, 0) is 36.9 Å². The second kappa shape index (κ2) is 4.77. The van der Waals surface area contributed by atoms with Gasteiger partial charge in [0.05, 0.1) is 0 Å². The van der Waals surface area contributed by atoms with E-state index in [4.69, 9.17) is 10.0 Å². The summed E-state index contributed by atoms with van der Waals surface area (Å²) < 4.78 is 0. The number of hydrogen-bond donors (Lipinski definition) is 4. The first-order valence-corrected chi connectivity index (χ1v) is 5.60. The van der Waals surface area contributed by atoms with Crippen LogP contribution in [0.5, 0.6) is 0 Å². The van der Waals surface area contributed by atoms with Gasteiger partial charge in [0.1, 0.15) is 0 Å². The van der Waals surface area contributed by atoms with Crippen molar-refractivity contribution < 1.29 is 14.8 Å². The molecule has 5 nitrogen and oxygen atoms in total. The van der Waals surface area contributed by atoms with Crippen molar-refractivity contribution in [3.05, 3.63) is 23.8 Å². The maximum atomic E-state index is 11.5. The van der Waals surface area contributed by atoms with Gasteiger partial charge < -0.3 is 20.7 Å². The fraction of sp³-hybridized carbons (Fsp3) is 0.364. The molecule has 2 amide bonds. The molecule has 2 rings (SSSR count). The fourth-order valence-electron chi connectivity index (χ4n) is 1.56. The zero-order valence-corrected chi connectivity index (χ0v) is 9.60. The number of benzene rings is 1. The average Bonchev–Trinajstić information content (AvgIpc) is 3.04. The summed E-state index contributed by atoms with van der Waals surface area (Å²) in [7, 11) is -1.48. The topological polar surface area (TPSA) is 81.6 Å². The smallest absolute Gasteiger partial charge is 0.423 e. The van der Waals surface area contributed by atoms with Gasteiger partial charge in [-0.25, -0.2) is 4.79 Å². The molecule has 1 aliphatic rings. The Morgan fingerprint density at radius 2 is 2.12 bits per heavy atom. The minimum Gasteiger partial charge on any atom is -0.423 e. The Labute approximate surface area is 100.0 Å². The van der Waals surface area contributed by atoms with Gasteiger partial charge in [0.15, 0.2) is 0 Å². The van der Waals surface area contributed by atoms with Gasteiger partial charge in [0.25, 0.3) is 0 Å². The van der Waals surface area contributed by atoms with E-state index < -0.39 is 7.12 Å². The third-order valence-corrected chi connectivity index (χ3v) is 2.71. The first kappa shape index (κ1) is 11.9. The average molecular weight is 234 g/mol. The van der Waals surface area contributed by atoms with E-state index in [9.17, 15) is 4.79 Å². The first-order valence-electron chi connectivity index (χ1n) is 5.60. The SMILES string of the molecule is Cc1cc(B(O)O)ccc1NC(=O)NC1CC1. The van der Waals surface area contributed by atoms with E-state index in [1.807, 2.05) is 0 Å². The van der Waals surface area contributed by atoms with E-state index in [0.717, 1.165) is 18.4 Å². The van der Waals surface area contributed by atoms with Crippen molar-refractivity contribution in [3.63, 3.8) is 0 Å². The largest absolute Gasteiger partial charge is 0.488 e. The van der Waals surface area contributed by atoms with Gasteiger partial charge in [-0.15, -0.1) is 0 Å². The summed E-state index contributed by atoms with van der Waals surface area (Å²) in [4.78, 5) is 11.5. The molecule has 0 aliphatic heterocycles. The Kier molecular flexibility index (Phi) is 3.35. The zero-order chi connectivity index (χ0) is 12.4. The Morgan fingerprint density at radius 3 is 2.65 bits per heavy atom. The van der Waals surface area contributed by atoms with E-state index >= 15 is 0 Å². The third-order valence-electron chi connectivity index (χ3n) is 2.71. The number of carbonyl (C=O) groups excluding carboxylic acids is 1. The molecule has 0 radical (unpaired) electrons. The number of nitrogens with one attached hydrogen (secondary N) is 2. The Morgan fingerprint density at radius 1 is 1.41 bits per heavy atom. The molecule has 0 heterocycles. The summed E-state index contributed by atoms with van der Waals surface area (Å²) in [5, 5.41) is 23.6. The molecule has 6 heteroatoms. The molecule has 17 heavy (non-hydrogen) atoms. The molecule has 1 aliphatic carbocycles. The van der Waals surface area contributed by atoms with Crippen molar-refractivity contribution in [3.8, 4) is 0 Å². The van der Waals surface area contributed by atoms with Crippen molar-refractivity contribution in [1.82, 2.24) is 5.32 Å². The molecule has 0 unspecified atom stereocenters. The molecule has 0 spiro atoms. The lowest BCUT2D eigenvalue weighted by atomic mass is 9.79. The predicted octanol–water partition coefficient (Wildman–Crippen LogP) is -0.0413. The lowest BCUT2D eigenvalue weighted by molar-refractivity contribution is 0.251. The normalized spacial score (nSPS) is 14.3. The van der Waals surface area contributed by atoms with Gasteiger partial charge in [0.2, 0.25) is 0 Å². The van der Waals surface area contributed by atoms with Crippen molar-refractivity contribution in [2.75, 3.05) is 5.32 Å². The minimum absolute atomic E-state index is 0.215. The molecule has 4 N–H and O–H groups in total. The second-order valence-electron chi connectivity index (χ2n) is 4.32. The first-order chi connectivity index (χ1) is 8.06. The van der Waals surface area contributed by atoms with Crippen molar-refractivity contribution in [2.24, 2.45) is 0 Å². The van der Waals surface area contributed by atoms with Crippen molar-refractivity contribution >= 4 is 24.3 Å². The van der Waals surface area contributed by atoms with Gasteiger partial charge in [-0.1, -0.05) is 12.1 Å². The molecule has 0 aromatic heterocycles. The van der Waals surface area contributed by atoms with Crippen LogP contribution in [0.3, 0.4) is 0 Å². The molecule has 1 aromatic carbocycles. The molecule has 1 fully saturated rings. The number of urea groups is 1. The molecular formula is C11H15BN2O3. The standard InChI is InChI=1S/C11H15BN2O3/c1-7-6-8(12(16)17)2-5-10(7)14-11(15)13-9-3-4-9/h2,5-6,9,16-17H,3-4H2,1H3,(H2,13,14,15). The lowest BCUT2D eigenvalue weighted by Gasteiger charge is -2.10. The van der Waals surface area contributed by atoms with E-state index in [2.05, 4.69) is 10.6 Å². The molecule has 90 valence electrons. The van der Waals surface area contributed by atoms with Crippen molar-refractivity contribution in [2.45, 2.75) is 25.8 Å². The summed E-state index contributed by atoms with van der Waals surface area (Å²) in [5.41, 5.74) is 1.88. The van der Waals surface area contributed by atoms with Crippen LogP contribution in [0.25, 0.3) is 0 Å². The third kappa shape index (κ3) is 3.21. The fourth-order valence-corrected chi connectivity index (χ4v) is 1.56. The Balaban J connectivity index is 2.02. The molecule has 0 saturated heterocycles. The summed E-state index contributed by atoms with van der Waals surface area (Å²) in [5.74, 6) is 0. The van der Waals surface area contributed by atoms with Crippen LogP contribution in [0.1, 0.15) is 18.4 Å². The number of carbonyl (C=O) groups is 1. The number of hydrogen-bond acceptors (Lipinski definition) is 3. The number of amides is 2. The molecule has 0 bridgehead atoms. The minimum atomic E-state index is -1.48. The highest BCUT2D eigenvalue weighted by molar-refractivity contribution is 6.58. The zero-order valence-electron chi connectivity index (χ0n) is 9.60. The summed E-state index contributed by atoms with van der Waals surface area (Å²) >= 11 is 0. The Hall–Kier alpha value is -1.53. The number of rotatable bonds is 3. The Bertz CT molecular complexity index is 433. The summed E-state index contributed by atoms with van der Waals surface area (Å²) in [6.45, 7) is 1.80. The van der Waals surface area contributed by atoms with E-state index in [1.165, 1.54) is 0 Å². The highest BCUT2D eigenvalue weighted by Crippen LogP contribution is 2.19.